The molecule has 25 heavy (non-hydrogen) atoms. The SMILES string of the molecule is COC(=O)c1nnn(CC(=O)Nc2c(Cl)cccc2Cl)c1C(=O)OC. The number of hydrogen-bond donors (Lipinski definition) is 1. The van der Waals surface area contributed by atoms with Crippen molar-refractivity contribution >= 4 is 46.7 Å². The smallest absolute Gasteiger partial charge is 0.361 e. The maximum atomic E-state index is 12.2. The molecule has 1 aromatic heterocycles. The van der Waals surface area contributed by atoms with Crippen LogP contribution in [0.15, 0.2) is 18.2 Å². The van der Waals surface area contributed by atoms with Gasteiger partial charge in [-0.25, -0.2) is 14.3 Å². The zero-order chi connectivity index (χ0) is 18.6. The molecule has 0 fully saturated rings. The number of nitrogens with one attached hydrogen (secondary N) is 1. The zero-order valence-electron chi connectivity index (χ0n) is 13.1. The molecular formula is C14H12Cl2N4O5. The van der Waals surface area contributed by atoms with Crippen molar-refractivity contribution in [1.82, 2.24) is 15.0 Å². The van der Waals surface area contributed by atoms with Crippen LogP contribution in [0.1, 0.15) is 21.0 Å². The van der Waals surface area contributed by atoms with Crippen LogP contribution in [0.25, 0.3) is 0 Å². The molecule has 0 bridgehead atoms. The second-order valence-electron chi connectivity index (χ2n) is 4.57. The van der Waals surface area contributed by atoms with Crippen molar-refractivity contribution in [1.29, 1.82) is 0 Å². The summed E-state index contributed by atoms with van der Waals surface area (Å²) in [5, 5.41) is 10.2. The van der Waals surface area contributed by atoms with E-state index in [1.54, 1.807) is 18.2 Å². The van der Waals surface area contributed by atoms with Crippen LogP contribution in [0.3, 0.4) is 0 Å². The van der Waals surface area contributed by atoms with Gasteiger partial charge in [0.15, 0.2) is 5.69 Å². The number of ether oxygens (including phenoxy) is 2. The summed E-state index contributed by atoms with van der Waals surface area (Å²) in [6.07, 6.45) is 0. The summed E-state index contributed by atoms with van der Waals surface area (Å²) in [4.78, 5) is 35.7. The largest absolute Gasteiger partial charge is 0.464 e. The van der Waals surface area contributed by atoms with E-state index in [4.69, 9.17) is 23.2 Å². The molecular weight excluding hydrogens is 375 g/mol. The molecule has 0 saturated heterocycles. The highest BCUT2D eigenvalue weighted by Crippen LogP contribution is 2.29. The molecule has 2 aromatic rings. The van der Waals surface area contributed by atoms with Gasteiger partial charge in [0, 0.05) is 0 Å². The fraction of sp³-hybridized carbons (Fsp3) is 0.214. The number of nitrogens with zero attached hydrogens (tertiary/aromatic N) is 3. The highest BCUT2D eigenvalue weighted by molar-refractivity contribution is 6.39. The number of methoxy groups -OCH3 is 2. The van der Waals surface area contributed by atoms with Gasteiger partial charge in [-0.2, -0.15) is 0 Å². The van der Waals surface area contributed by atoms with Crippen LogP contribution in [0.4, 0.5) is 5.69 Å². The van der Waals surface area contributed by atoms with Crippen molar-refractivity contribution in [3.63, 3.8) is 0 Å². The molecule has 0 radical (unpaired) electrons. The number of carbonyl (C=O) groups excluding carboxylic acids is 3. The standard InChI is InChI=1S/C14H12Cl2N4O5/c1-24-13(22)11-12(14(23)25-2)20(19-18-11)6-9(21)17-10-7(15)4-3-5-8(10)16/h3-5H,6H2,1-2H3,(H,17,21). The van der Waals surface area contributed by atoms with E-state index in [1.165, 1.54) is 0 Å². The molecule has 2 rings (SSSR count). The minimum Gasteiger partial charge on any atom is -0.464 e. The van der Waals surface area contributed by atoms with Crippen LogP contribution >= 0.6 is 23.2 Å². The van der Waals surface area contributed by atoms with Crippen LogP contribution in [0.5, 0.6) is 0 Å². The van der Waals surface area contributed by atoms with Gasteiger partial charge < -0.3 is 14.8 Å². The number of halogens is 2. The lowest BCUT2D eigenvalue weighted by atomic mass is 10.3. The average molecular weight is 387 g/mol. The minimum absolute atomic E-state index is 0.212. The first-order chi connectivity index (χ1) is 11.9. The summed E-state index contributed by atoms with van der Waals surface area (Å²) >= 11 is 12.0. The van der Waals surface area contributed by atoms with Gasteiger partial charge in [0.25, 0.3) is 0 Å². The lowest BCUT2D eigenvalue weighted by Crippen LogP contribution is -2.24. The van der Waals surface area contributed by atoms with Gasteiger partial charge in [-0.3, -0.25) is 4.79 Å². The van der Waals surface area contributed by atoms with Gasteiger partial charge in [-0.05, 0) is 12.1 Å². The first-order valence-electron chi connectivity index (χ1n) is 6.73. The van der Waals surface area contributed by atoms with E-state index in [2.05, 4.69) is 25.1 Å². The summed E-state index contributed by atoms with van der Waals surface area (Å²) in [7, 11) is 2.23. The molecule has 1 heterocycles. The number of anilines is 1. The van der Waals surface area contributed by atoms with E-state index < -0.39 is 24.4 Å². The number of amides is 1. The quantitative estimate of drug-likeness (QED) is 0.779. The van der Waals surface area contributed by atoms with Gasteiger partial charge in [-0.15, -0.1) is 5.10 Å². The van der Waals surface area contributed by atoms with Crippen LogP contribution in [-0.2, 0) is 20.8 Å². The summed E-state index contributed by atoms with van der Waals surface area (Å²) < 4.78 is 10.0. The predicted octanol–water partition coefficient (Wildman–Crippen LogP) is 1.80. The number of aromatic nitrogens is 3. The van der Waals surface area contributed by atoms with Crippen molar-refractivity contribution in [2.24, 2.45) is 0 Å². The van der Waals surface area contributed by atoms with Crippen LogP contribution in [0, 0.1) is 0 Å². The summed E-state index contributed by atoms with van der Waals surface area (Å²) in [6, 6.07) is 4.72. The zero-order valence-corrected chi connectivity index (χ0v) is 14.6. The van der Waals surface area contributed by atoms with Crippen molar-refractivity contribution in [3.8, 4) is 0 Å². The maximum Gasteiger partial charge on any atom is 0.361 e. The molecule has 1 aromatic carbocycles. The predicted molar refractivity (Wildman–Crippen MR) is 87.8 cm³/mol. The van der Waals surface area contributed by atoms with E-state index in [9.17, 15) is 14.4 Å². The lowest BCUT2D eigenvalue weighted by molar-refractivity contribution is -0.116. The normalized spacial score (nSPS) is 10.2. The van der Waals surface area contributed by atoms with Crippen molar-refractivity contribution in [2.45, 2.75) is 6.54 Å². The Bertz CT molecular complexity index is 816. The molecule has 0 aliphatic rings. The Balaban J connectivity index is 2.28. The maximum absolute atomic E-state index is 12.2. The molecule has 0 aliphatic carbocycles. The first kappa shape index (κ1) is 18.7. The number of hydrogen-bond acceptors (Lipinski definition) is 7. The number of para-hydroxylation sites is 1. The monoisotopic (exact) mass is 386 g/mol. The van der Waals surface area contributed by atoms with Crippen molar-refractivity contribution < 1.29 is 23.9 Å². The summed E-state index contributed by atoms with van der Waals surface area (Å²) in [5.41, 5.74) is -0.462. The van der Waals surface area contributed by atoms with Crippen LogP contribution in [0.2, 0.25) is 10.0 Å². The van der Waals surface area contributed by atoms with Gasteiger partial charge in [0.1, 0.15) is 6.54 Å². The number of carbonyl (C=O) groups is 3. The van der Waals surface area contributed by atoms with E-state index >= 15 is 0 Å². The fourth-order valence-corrected chi connectivity index (χ4v) is 2.38. The van der Waals surface area contributed by atoms with Gasteiger partial charge in [-0.1, -0.05) is 34.5 Å². The average Bonchev–Trinajstić information content (AvgIpc) is 3.00. The van der Waals surface area contributed by atoms with E-state index in [1.807, 2.05) is 0 Å². The Morgan fingerprint density at radius 2 is 1.72 bits per heavy atom. The molecule has 1 amide bonds. The molecule has 9 nitrogen and oxygen atoms in total. The minimum atomic E-state index is -0.894. The van der Waals surface area contributed by atoms with E-state index in [-0.39, 0.29) is 27.1 Å². The Morgan fingerprint density at radius 3 is 2.28 bits per heavy atom. The fourth-order valence-electron chi connectivity index (χ4n) is 1.89. The van der Waals surface area contributed by atoms with Gasteiger partial charge in [0.05, 0.1) is 30.0 Å². The number of esters is 2. The summed E-state index contributed by atoms with van der Waals surface area (Å²) in [6.45, 7) is -0.435. The molecule has 132 valence electrons. The molecule has 0 aliphatic heterocycles. The highest BCUT2D eigenvalue weighted by atomic mass is 35.5. The van der Waals surface area contributed by atoms with E-state index in [0.29, 0.717) is 0 Å². The second kappa shape index (κ2) is 7.95. The third kappa shape index (κ3) is 4.06. The number of rotatable bonds is 5. The van der Waals surface area contributed by atoms with Crippen LogP contribution in [-0.4, -0.2) is 47.1 Å². The van der Waals surface area contributed by atoms with E-state index in [0.717, 1.165) is 18.9 Å². The first-order valence-corrected chi connectivity index (χ1v) is 7.48. The lowest BCUT2D eigenvalue weighted by Gasteiger charge is -2.10. The highest BCUT2D eigenvalue weighted by Gasteiger charge is 2.28. The topological polar surface area (TPSA) is 112 Å². The van der Waals surface area contributed by atoms with Crippen LogP contribution < -0.4 is 5.32 Å². The second-order valence-corrected chi connectivity index (χ2v) is 5.39. The molecule has 0 unspecified atom stereocenters. The number of benzene rings is 1. The molecule has 0 atom stereocenters. The van der Waals surface area contributed by atoms with Crippen molar-refractivity contribution in [2.75, 3.05) is 19.5 Å². The molecule has 11 heteroatoms. The Morgan fingerprint density at radius 1 is 1.12 bits per heavy atom. The van der Waals surface area contributed by atoms with Gasteiger partial charge >= 0.3 is 11.9 Å². The molecule has 0 spiro atoms. The Kier molecular flexibility index (Phi) is 5.94. The Hall–Kier alpha value is -2.65. The third-order valence-corrected chi connectivity index (χ3v) is 3.64. The molecule has 0 saturated carbocycles. The summed E-state index contributed by atoms with van der Waals surface area (Å²) in [5.74, 6) is -2.38. The van der Waals surface area contributed by atoms with Crippen molar-refractivity contribution in [3.05, 3.63) is 39.6 Å². The Labute approximate surface area is 151 Å². The molecule has 1 N–H and O–H groups in total. The van der Waals surface area contributed by atoms with Gasteiger partial charge in [0.2, 0.25) is 11.6 Å². The third-order valence-electron chi connectivity index (χ3n) is 3.01.